The minimum Gasteiger partial charge on any atom is -0.494 e. The molecule has 0 aliphatic heterocycles. The van der Waals surface area contributed by atoms with Crippen LogP contribution in [0.25, 0.3) is 10.2 Å². The van der Waals surface area contributed by atoms with Gasteiger partial charge in [0.1, 0.15) is 16.3 Å². The highest BCUT2D eigenvalue weighted by Gasteiger charge is 2.26. The van der Waals surface area contributed by atoms with Gasteiger partial charge in [-0.15, -0.1) is 11.3 Å². The van der Waals surface area contributed by atoms with E-state index >= 15 is 0 Å². The minimum atomic E-state index is -0.394. The zero-order valence-corrected chi connectivity index (χ0v) is 11.8. The van der Waals surface area contributed by atoms with E-state index in [2.05, 4.69) is 17.1 Å². The zero-order valence-electron chi connectivity index (χ0n) is 11.0. The lowest BCUT2D eigenvalue weighted by atomic mass is 10.1. The normalized spacial score (nSPS) is 16.2. The molecule has 1 aliphatic carbocycles. The Morgan fingerprint density at radius 3 is 2.67 bits per heavy atom. The van der Waals surface area contributed by atoms with E-state index in [1.54, 1.807) is 18.4 Å². The summed E-state index contributed by atoms with van der Waals surface area (Å²) in [5, 5.41) is 0.962. The fourth-order valence-corrected chi connectivity index (χ4v) is 3.15. The molecular formula is C14H18N2OS. The first-order valence-corrected chi connectivity index (χ1v) is 7.08. The van der Waals surface area contributed by atoms with Crippen LogP contribution in [-0.2, 0) is 5.54 Å². The Labute approximate surface area is 111 Å². The Hall–Kier alpha value is -1.13. The van der Waals surface area contributed by atoms with Crippen LogP contribution in [0.3, 0.4) is 0 Å². The van der Waals surface area contributed by atoms with Crippen molar-refractivity contribution in [2.24, 2.45) is 5.73 Å². The second-order valence-corrected chi connectivity index (χ2v) is 6.62. The summed E-state index contributed by atoms with van der Waals surface area (Å²) in [6.07, 6.45) is 2.59. The molecule has 0 atom stereocenters. The lowest BCUT2D eigenvalue weighted by Crippen LogP contribution is -2.28. The van der Waals surface area contributed by atoms with Gasteiger partial charge in [0.05, 0.1) is 17.3 Å². The van der Waals surface area contributed by atoms with Crippen molar-refractivity contribution in [1.82, 2.24) is 4.98 Å². The van der Waals surface area contributed by atoms with Crippen molar-refractivity contribution in [3.05, 3.63) is 22.7 Å². The van der Waals surface area contributed by atoms with E-state index in [4.69, 9.17) is 10.5 Å². The lowest BCUT2D eigenvalue weighted by molar-refractivity contribution is 0.418. The van der Waals surface area contributed by atoms with Crippen LogP contribution in [0, 0.1) is 0 Å². The van der Waals surface area contributed by atoms with Gasteiger partial charge in [-0.25, -0.2) is 4.98 Å². The number of rotatable bonds is 3. The summed E-state index contributed by atoms with van der Waals surface area (Å²) in [6, 6.07) is 4.38. The maximum absolute atomic E-state index is 6.13. The van der Waals surface area contributed by atoms with Crippen LogP contribution in [0.5, 0.6) is 5.75 Å². The maximum atomic E-state index is 6.13. The van der Waals surface area contributed by atoms with E-state index in [1.165, 1.54) is 23.1 Å². The third kappa shape index (κ3) is 1.99. The molecule has 3 nitrogen and oxygen atoms in total. The number of benzene rings is 1. The first-order chi connectivity index (χ1) is 8.49. The third-order valence-corrected chi connectivity index (χ3v) is 4.64. The van der Waals surface area contributed by atoms with Crippen LogP contribution in [-0.4, -0.2) is 12.1 Å². The molecule has 18 heavy (non-hydrogen) atoms. The van der Waals surface area contributed by atoms with Gasteiger partial charge in [-0.3, -0.25) is 0 Å². The summed E-state index contributed by atoms with van der Waals surface area (Å²) >= 11 is 1.68. The number of hydrogen-bond acceptors (Lipinski definition) is 4. The molecule has 1 fully saturated rings. The molecule has 1 heterocycles. The molecule has 2 N–H and O–H groups in total. The summed E-state index contributed by atoms with van der Waals surface area (Å²) in [5.74, 6) is 1.60. The summed E-state index contributed by atoms with van der Waals surface area (Å²) in [6.45, 7) is 3.97. The molecule has 2 aromatic rings. The molecule has 3 rings (SSSR count). The first-order valence-electron chi connectivity index (χ1n) is 6.27. The average molecular weight is 262 g/mol. The van der Waals surface area contributed by atoms with E-state index in [9.17, 15) is 0 Å². The van der Waals surface area contributed by atoms with Gasteiger partial charge >= 0.3 is 0 Å². The molecule has 0 radical (unpaired) electrons. The van der Waals surface area contributed by atoms with E-state index in [0.29, 0.717) is 0 Å². The fourth-order valence-electron chi connectivity index (χ4n) is 2.10. The number of fused-ring (bicyclic) bond motifs is 1. The smallest absolute Gasteiger partial charge is 0.146 e. The Kier molecular flexibility index (Phi) is 2.61. The number of nitrogens with zero attached hydrogens (tertiary/aromatic N) is 1. The van der Waals surface area contributed by atoms with E-state index in [0.717, 1.165) is 22.2 Å². The Bertz CT molecular complexity index is 594. The summed E-state index contributed by atoms with van der Waals surface area (Å²) in [7, 11) is 1.71. The number of ether oxygens (including phenoxy) is 1. The van der Waals surface area contributed by atoms with Gasteiger partial charge in [-0.2, -0.15) is 0 Å². The molecule has 0 bridgehead atoms. The number of hydrogen-bond donors (Lipinski definition) is 1. The topological polar surface area (TPSA) is 48.1 Å². The Balaban J connectivity index is 2.18. The van der Waals surface area contributed by atoms with Crippen molar-refractivity contribution in [2.45, 2.75) is 38.1 Å². The Morgan fingerprint density at radius 1 is 1.39 bits per heavy atom. The fraction of sp³-hybridized carbons (Fsp3) is 0.500. The average Bonchev–Trinajstić information content (AvgIpc) is 3.05. The highest BCUT2D eigenvalue weighted by molar-refractivity contribution is 7.18. The molecule has 4 heteroatoms. The van der Waals surface area contributed by atoms with Gasteiger partial charge in [-0.05, 0) is 50.3 Å². The van der Waals surface area contributed by atoms with Gasteiger partial charge < -0.3 is 10.5 Å². The highest BCUT2D eigenvalue weighted by Crippen LogP contribution is 2.44. The van der Waals surface area contributed by atoms with Crippen LogP contribution >= 0.6 is 11.3 Å². The zero-order chi connectivity index (χ0) is 12.9. The van der Waals surface area contributed by atoms with Crippen LogP contribution in [0.4, 0.5) is 0 Å². The maximum Gasteiger partial charge on any atom is 0.146 e. The second-order valence-electron chi connectivity index (χ2n) is 5.58. The van der Waals surface area contributed by atoms with Gasteiger partial charge in [-0.1, -0.05) is 0 Å². The summed E-state index contributed by atoms with van der Waals surface area (Å²) in [4.78, 5) is 4.64. The number of methoxy groups -OCH3 is 1. The van der Waals surface area contributed by atoms with Crippen molar-refractivity contribution < 1.29 is 4.74 Å². The molecule has 1 aromatic heterocycles. The van der Waals surface area contributed by atoms with Crippen molar-refractivity contribution in [3.63, 3.8) is 0 Å². The molecule has 0 saturated heterocycles. The summed E-state index contributed by atoms with van der Waals surface area (Å²) in [5.41, 5.74) is 8.06. The molecule has 1 aliphatic rings. The van der Waals surface area contributed by atoms with Crippen molar-refractivity contribution in [3.8, 4) is 5.75 Å². The first kappa shape index (κ1) is 11.9. The molecule has 0 unspecified atom stereocenters. The lowest BCUT2D eigenvalue weighted by Gasteiger charge is -2.13. The molecule has 1 aromatic carbocycles. The third-order valence-electron chi connectivity index (χ3n) is 3.30. The number of aromatic nitrogens is 1. The summed E-state index contributed by atoms with van der Waals surface area (Å²) < 4.78 is 6.66. The van der Waals surface area contributed by atoms with Gasteiger partial charge in [0.2, 0.25) is 0 Å². The molecule has 0 amide bonds. The van der Waals surface area contributed by atoms with Crippen molar-refractivity contribution in [2.75, 3.05) is 7.11 Å². The van der Waals surface area contributed by atoms with Gasteiger partial charge in [0.25, 0.3) is 0 Å². The van der Waals surface area contributed by atoms with Crippen LogP contribution in [0.15, 0.2) is 12.1 Å². The van der Waals surface area contributed by atoms with Crippen molar-refractivity contribution in [1.29, 1.82) is 0 Å². The van der Waals surface area contributed by atoms with E-state index in [1.807, 2.05) is 13.8 Å². The minimum absolute atomic E-state index is 0.394. The highest BCUT2D eigenvalue weighted by atomic mass is 32.1. The quantitative estimate of drug-likeness (QED) is 0.922. The number of nitrogens with two attached hydrogens (primary N) is 1. The van der Waals surface area contributed by atoms with Crippen LogP contribution in [0.1, 0.15) is 43.2 Å². The van der Waals surface area contributed by atoms with E-state index < -0.39 is 5.54 Å². The largest absolute Gasteiger partial charge is 0.494 e. The molecular weight excluding hydrogens is 244 g/mol. The SMILES string of the molecule is COc1cc(C2CC2)cc2sc(C(C)(C)N)nc12. The monoisotopic (exact) mass is 262 g/mol. The second kappa shape index (κ2) is 3.93. The van der Waals surface area contributed by atoms with Gasteiger partial charge in [0.15, 0.2) is 0 Å². The van der Waals surface area contributed by atoms with Crippen molar-refractivity contribution >= 4 is 21.6 Å². The number of thiazole rings is 1. The van der Waals surface area contributed by atoms with Crippen LogP contribution < -0.4 is 10.5 Å². The molecule has 0 spiro atoms. The van der Waals surface area contributed by atoms with Gasteiger partial charge in [0, 0.05) is 0 Å². The predicted molar refractivity (Wildman–Crippen MR) is 75.4 cm³/mol. The molecule has 96 valence electrons. The standard InChI is InChI=1S/C14H18N2OS/c1-14(2,15)13-16-12-10(17-3)6-9(8-4-5-8)7-11(12)18-13/h6-8H,4-5,15H2,1-3H3. The predicted octanol–water partition coefficient (Wildman–Crippen LogP) is 3.38. The molecule has 1 saturated carbocycles. The Morgan fingerprint density at radius 2 is 2.11 bits per heavy atom. The van der Waals surface area contributed by atoms with E-state index in [-0.39, 0.29) is 0 Å². The van der Waals surface area contributed by atoms with Crippen LogP contribution in [0.2, 0.25) is 0 Å².